The van der Waals surface area contributed by atoms with Gasteiger partial charge < -0.3 is 20.8 Å². The van der Waals surface area contributed by atoms with E-state index >= 15 is 0 Å². The average Bonchev–Trinajstić information content (AvgIpc) is 2.47. The lowest BCUT2D eigenvalue weighted by Gasteiger charge is -2.32. The number of anilines is 1. The second-order valence-electron chi connectivity index (χ2n) is 5.61. The Labute approximate surface area is 112 Å². The van der Waals surface area contributed by atoms with Gasteiger partial charge in [-0.1, -0.05) is 0 Å². The summed E-state index contributed by atoms with van der Waals surface area (Å²) >= 11 is 0. The van der Waals surface area contributed by atoms with Crippen LogP contribution in [0.1, 0.15) is 38.1 Å². The normalized spacial score (nSPS) is 20.5. The van der Waals surface area contributed by atoms with E-state index in [4.69, 9.17) is 20.8 Å². The van der Waals surface area contributed by atoms with Gasteiger partial charge in [-0.05, 0) is 33.8 Å². The van der Waals surface area contributed by atoms with Crippen molar-refractivity contribution in [2.45, 2.75) is 38.9 Å². The molecule has 0 aliphatic carbocycles. The summed E-state index contributed by atoms with van der Waals surface area (Å²) < 4.78 is 11.7. The monoisotopic (exact) mass is 263 g/mol. The molecule has 7 heteroatoms. The smallest absolute Gasteiger partial charge is 0.398 e. The molecule has 0 aromatic carbocycles. The number of hydrogen-bond donors (Lipinski definition) is 2. The zero-order valence-electron chi connectivity index (χ0n) is 11.6. The van der Waals surface area contributed by atoms with Crippen LogP contribution in [-0.4, -0.2) is 29.2 Å². The Hall–Kier alpha value is -1.60. The first-order chi connectivity index (χ1) is 8.66. The highest BCUT2D eigenvalue weighted by atomic mass is 16.7. The molecule has 0 atom stereocenters. The number of carbonyl (C=O) groups excluding carboxylic acids is 1. The summed E-state index contributed by atoms with van der Waals surface area (Å²) in [5.41, 5.74) is 11.0. The van der Waals surface area contributed by atoms with E-state index in [1.54, 1.807) is 0 Å². The Bertz CT molecular complexity index is 515. The first kappa shape index (κ1) is 13.8. The summed E-state index contributed by atoms with van der Waals surface area (Å²) in [6.07, 6.45) is 1.47. The largest absolute Gasteiger partial charge is 0.516 e. The Morgan fingerprint density at radius 2 is 1.79 bits per heavy atom. The first-order valence-corrected chi connectivity index (χ1v) is 6.05. The standard InChI is InChI=1S/C12H18BN3O3/c1-11(2)12(3,4)19-13(18-11)9-8(14)7(10(15)17)5-6-16-9/h5-6H,14H2,1-4H3,(H2,15,17). The molecule has 1 amide bonds. The van der Waals surface area contributed by atoms with Gasteiger partial charge in [0, 0.05) is 6.20 Å². The second-order valence-corrected chi connectivity index (χ2v) is 5.61. The Balaban J connectivity index is 2.40. The van der Waals surface area contributed by atoms with Gasteiger partial charge in [-0.2, -0.15) is 0 Å². The van der Waals surface area contributed by atoms with E-state index in [1.807, 2.05) is 27.7 Å². The zero-order chi connectivity index (χ0) is 14.4. The molecule has 1 aliphatic rings. The van der Waals surface area contributed by atoms with Crippen molar-refractivity contribution in [3.05, 3.63) is 17.8 Å². The lowest BCUT2D eigenvalue weighted by molar-refractivity contribution is 0.00578. The number of rotatable bonds is 2. The Kier molecular flexibility index (Phi) is 3.06. The van der Waals surface area contributed by atoms with E-state index in [0.29, 0.717) is 5.59 Å². The fraction of sp³-hybridized carbons (Fsp3) is 0.500. The predicted molar refractivity (Wildman–Crippen MR) is 72.9 cm³/mol. The van der Waals surface area contributed by atoms with Crippen LogP contribution in [0.25, 0.3) is 0 Å². The number of amides is 1. The predicted octanol–water partition coefficient (Wildman–Crippen LogP) is 0.0619. The third-order valence-corrected chi connectivity index (χ3v) is 3.76. The molecule has 0 radical (unpaired) electrons. The Morgan fingerprint density at radius 3 is 2.26 bits per heavy atom. The van der Waals surface area contributed by atoms with Crippen LogP contribution in [0, 0.1) is 0 Å². The van der Waals surface area contributed by atoms with E-state index in [1.165, 1.54) is 12.3 Å². The molecular weight excluding hydrogens is 245 g/mol. The van der Waals surface area contributed by atoms with Crippen molar-refractivity contribution in [3.8, 4) is 0 Å². The molecule has 1 aromatic rings. The third-order valence-electron chi connectivity index (χ3n) is 3.76. The molecule has 6 nitrogen and oxygen atoms in total. The number of carbonyl (C=O) groups is 1. The van der Waals surface area contributed by atoms with E-state index < -0.39 is 24.2 Å². The van der Waals surface area contributed by atoms with Gasteiger partial charge in [-0.15, -0.1) is 0 Å². The van der Waals surface area contributed by atoms with Crippen molar-refractivity contribution in [3.63, 3.8) is 0 Å². The summed E-state index contributed by atoms with van der Waals surface area (Å²) in [4.78, 5) is 15.4. The van der Waals surface area contributed by atoms with Gasteiger partial charge in [0.2, 0.25) is 0 Å². The van der Waals surface area contributed by atoms with Crippen LogP contribution >= 0.6 is 0 Å². The quantitative estimate of drug-likeness (QED) is 0.735. The fourth-order valence-electron chi connectivity index (χ4n) is 1.85. The molecular formula is C12H18BN3O3. The van der Waals surface area contributed by atoms with Gasteiger partial charge in [-0.3, -0.25) is 9.78 Å². The van der Waals surface area contributed by atoms with Crippen molar-refractivity contribution < 1.29 is 14.1 Å². The molecule has 4 N–H and O–H groups in total. The summed E-state index contributed by atoms with van der Waals surface area (Å²) in [6, 6.07) is 1.48. The molecule has 2 heterocycles. The average molecular weight is 263 g/mol. The lowest BCUT2D eigenvalue weighted by atomic mass is 9.82. The molecule has 1 aromatic heterocycles. The number of primary amides is 1. The zero-order valence-corrected chi connectivity index (χ0v) is 11.6. The van der Waals surface area contributed by atoms with Crippen LogP contribution in [0.15, 0.2) is 12.3 Å². The molecule has 0 spiro atoms. The fourth-order valence-corrected chi connectivity index (χ4v) is 1.85. The summed E-state index contributed by atoms with van der Waals surface area (Å²) in [5, 5.41) is 0. The highest BCUT2D eigenvalue weighted by Crippen LogP contribution is 2.36. The van der Waals surface area contributed by atoms with Gasteiger partial charge >= 0.3 is 7.12 Å². The van der Waals surface area contributed by atoms with Crippen molar-refractivity contribution in [2.75, 3.05) is 5.73 Å². The second kappa shape index (κ2) is 4.21. The Morgan fingerprint density at radius 1 is 1.26 bits per heavy atom. The molecule has 0 saturated carbocycles. The minimum absolute atomic E-state index is 0.202. The van der Waals surface area contributed by atoms with Crippen LogP contribution in [-0.2, 0) is 9.31 Å². The lowest BCUT2D eigenvalue weighted by Crippen LogP contribution is -2.41. The number of nitrogen functional groups attached to an aromatic ring is 1. The topological polar surface area (TPSA) is 100 Å². The number of nitrogens with zero attached hydrogens (tertiary/aromatic N) is 1. The van der Waals surface area contributed by atoms with E-state index in [0.717, 1.165) is 0 Å². The molecule has 0 unspecified atom stereocenters. The van der Waals surface area contributed by atoms with Gasteiger partial charge in [-0.25, -0.2) is 0 Å². The van der Waals surface area contributed by atoms with Crippen molar-refractivity contribution >= 4 is 24.3 Å². The molecule has 1 aliphatic heterocycles. The van der Waals surface area contributed by atoms with Crippen molar-refractivity contribution in [2.24, 2.45) is 5.73 Å². The van der Waals surface area contributed by atoms with Crippen LogP contribution in [0.2, 0.25) is 0 Å². The highest BCUT2D eigenvalue weighted by Gasteiger charge is 2.53. The number of pyridine rings is 1. The van der Waals surface area contributed by atoms with E-state index in [9.17, 15) is 4.79 Å². The van der Waals surface area contributed by atoms with Crippen LogP contribution in [0.4, 0.5) is 5.69 Å². The van der Waals surface area contributed by atoms with Crippen LogP contribution in [0.5, 0.6) is 0 Å². The van der Waals surface area contributed by atoms with Gasteiger partial charge in [0.15, 0.2) is 0 Å². The number of aromatic nitrogens is 1. The maximum absolute atomic E-state index is 11.3. The van der Waals surface area contributed by atoms with Crippen molar-refractivity contribution in [1.82, 2.24) is 4.98 Å². The maximum atomic E-state index is 11.3. The van der Waals surface area contributed by atoms with Crippen LogP contribution in [0.3, 0.4) is 0 Å². The minimum atomic E-state index is -0.704. The molecule has 1 saturated heterocycles. The SMILES string of the molecule is CC1(C)OB(c2nccc(C(N)=O)c2N)OC1(C)C. The van der Waals surface area contributed by atoms with Crippen molar-refractivity contribution in [1.29, 1.82) is 0 Å². The number of hydrogen-bond acceptors (Lipinski definition) is 5. The van der Waals surface area contributed by atoms with Crippen LogP contribution < -0.4 is 17.1 Å². The summed E-state index contributed by atoms with van der Waals surface area (Å²) in [7, 11) is -0.704. The maximum Gasteiger partial charge on any atom is 0.516 e. The van der Waals surface area contributed by atoms with Gasteiger partial charge in [0.1, 0.15) is 0 Å². The summed E-state index contributed by atoms with van der Waals surface area (Å²) in [5.74, 6) is -0.599. The minimum Gasteiger partial charge on any atom is -0.398 e. The van der Waals surface area contributed by atoms with Gasteiger partial charge in [0.25, 0.3) is 5.91 Å². The third kappa shape index (κ3) is 2.19. The first-order valence-electron chi connectivity index (χ1n) is 6.05. The highest BCUT2D eigenvalue weighted by molar-refractivity contribution is 6.63. The van der Waals surface area contributed by atoms with Gasteiger partial charge in [0.05, 0.1) is 28.0 Å². The summed E-state index contributed by atoms with van der Waals surface area (Å²) in [6.45, 7) is 7.73. The van der Waals surface area contributed by atoms with E-state index in [2.05, 4.69) is 4.98 Å². The molecule has 1 fully saturated rings. The molecule has 102 valence electrons. The molecule has 2 rings (SSSR count). The molecule has 0 bridgehead atoms. The number of nitrogens with two attached hydrogens (primary N) is 2. The van der Waals surface area contributed by atoms with E-state index in [-0.39, 0.29) is 11.3 Å². The molecule has 19 heavy (non-hydrogen) atoms.